The lowest BCUT2D eigenvalue weighted by molar-refractivity contribution is 0.185. The summed E-state index contributed by atoms with van der Waals surface area (Å²) in [4.78, 5) is 4.33. The topological polar surface area (TPSA) is 77.5 Å². The number of para-hydroxylation sites is 1. The van der Waals surface area contributed by atoms with Gasteiger partial charge in [0.2, 0.25) is 0 Å². The van der Waals surface area contributed by atoms with Gasteiger partial charge in [-0.2, -0.15) is 5.10 Å². The first-order valence-corrected chi connectivity index (χ1v) is 7.50. The highest BCUT2D eigenvalue weighted by molar-refractivity contribution is 14.1. The molecule has 2 rings (SSSR count). The monoisotopic (exact) mass is 399 g/mol. The first kappa shape index (κ1) is 15.8. The highest BCUT2D eigenvalue weighted by Gasteiger charge is 2.05. The quantitative estimate of drug-likeness (QED) is 0.459. The lowest BCUT2D eigenvalue weighted by atomic mass is 10.2. The molecule has 0 unspecified atom stereocenters. The van der Waals surface area contributed by atoms with Crippen LogP contribution in [0.5, 0.6) is 0 Å². The van der Waals surface area contributed by atoms with Crippen LogP contribution >= 0.6 is 22.6 Å². The second kappa shape index (κ2) is 7.41. The van der Waals surface area contributed by atoms with Gasteiger partial charge in [-0.3, -0.25) is 4.68 Å². The Morgan fingerprint density at radius 3 is 2.90 bits per heavy atom. The normalized spacial score (nSPS) is 11.7. The number of benzene rings is 1. The number of hydrogen-bond donors (Lipinski definition) is 2. The molecule has 21 heavy (non-hydrogen) atoms. The van der Waals surface area contributed by atoms with Gasteiger partial charge in [0.05, 0.1) is 22.4 Å². The van der Waals surface area contributed by atoms with Crippen molar-refractivity contribution < 1.29 is 4.74 Å². The Bertz CT molecular complexity index is 638. The number of rotatable bonds is 5. The summed E-state index contributed by atoms with van der Waals surface area (Å²) in [5.41, 5.74) is 8.78. The predicted molar refractivity (Wildman–Crippen MR) is 92.0 cm³/mol. The van der Waals surface area contributed by atoms with E-state index in [1.165, 1.54) is 0 Å². The van der Waals surface area contributed by atoms with Gasteiger partial charge in [0, 0.05) is 31.6 Å². The van der Waals surface area contributed by atoms with Crippen molar-refractivity contribution in [3.05, 3.63) is 45.3 Å². The molecule has 6 nitrogen and oxygen atoms in total. The summed E-state index contributed by atoms with van der Waals surface area (Å²) in [5, 5.41) is 7.44. The Kier molecular flexibility index (Phi) is 5.57. The number of nitrogens with one attached hydrogen (secondary N) is 1. The fraction of sp³-hybridized carbons (Fsp3) is 0.286. The van der Waals surface area contributed by atoms with Crippen molar-refractivity contribution in [3.8, 4) is 0 Å². The van der Waals surface area contributed by atoms with E-state index in [2.05, 4.69) is 38.0 Å². The molecule has 112 valence electrons. The lowest BCUT2D eigenvalue weighted by Gasteiger charge is -2.10. The molecule has 0 radical (unpaired) electrons. The molecule has 0 aliphatic carbocycles. The van der Waals surface area contributed by atoms with Gasteiger partial charge in [-0.1, -0.05) is 18.2 Å². The number of nitrogens with two attached hydrogens (primary N) is 1. The van der Waals surface area contributed by atoms with E-state index in [4.69, 9.17) is 10.5 Å². The first-order chi connectivity index (χ1) is 10.1. The van der Waals surface area contributed by atoms with Crippen molar-refractivity contribution in [2.24, 2.45) is 17.8 Å². The summed E-state index contributed by atoms with van der Waals surface area (Å²) in [6.07, 6.45) is 1.95. The number of aliphatic imine (C=N–C) groups is 1. The fourth-order valence-corrected chi connectivity index (χ4v) is 2.56. The predicted octanol–water partition coefficient (Wildman–Crippen LogP) is 2.10. The van der Waals surface area contributed by atoms with E-state index in [9.17, 15) is 0 Å². The van der Waals surface area contributed by atoms with Crippen molar-refractivity contribution in [2.45, 2.75) is 13.2 Å². The van der Waals surface area contributed by atoms with Crippen molar-refractivity contribution in [2.75, 3.05) is 12.4 Å². The summed E-state index contributed by atoms with van der Waals surface area (Å²) in [7, 11) is 3.55. The van der Waals surface area contributed by atoms with E-state index in [1.807, 2.05) is 37.5 Å². The summed E-state index contributed by atoms with van der Waals surface area (Å²) in [5.74, 6) is 0.361. The van der Waals surface area contributed by atoms with Gasteiger partial charge in [-0.15, -0.1) is 0 Å². The smallest absolute Gasteiger partial charge is 0.193 e. The van der Waals surface area contributed by atoms with Crippen molar-refractivity contribution in [1.29, 1.82) is 0 Å². The standard InChI is InChI=1S/C14H18IN5O/c1-20-8-11(15)13(19-20)7-17-14(16)18-12-6-4-3-5-10(12)9-21-2/h3-6,8H,7,9H2,1-2H3,(H3,16,17,18). The first-order valence-electron chi connectivity index (χ1n) is 6.42. The van der Waals surface area contributed by atoms with Crippen molar-refractivity contribution >= 4 is 34.2 Å². The zero-order chi connectivity index (χ0) is 15.2. The van der Waals surface area contributed by atoms with Gasteiger partial charge < -0.3 is 15.8 Å². The minimum absolute atomic E-state index is 0.361. The van der Waals surface area contributed by atoms with Gasteiger partial charge in [-0.05, 0) is 28.7 Å². The Morgan fingerprint density at radius 2 is 2.24 bits per heavy atom. The van der Waals surface area contributed by atoms with Crippen molar-refractivity contribution in [1.82, 2.24) is 9.78 Å². The van der Waals surface area contributed by atoms with Crippen LogP contribution in [-0.2, 0) is 24.9 Å². The van der Waals surface area contributed by atoms with Crippen molar-refractivity contribution in [3.63, 3.8) is 0 Å². The number of hydrogen-bond acceptors (Lipinski definition) is 3. The van der Waals surface area contributed by atoms with Crippen LogP contribution in [0, 0.1) is 3.57 Å². The Hall–Kier alpha value is -1.61. The maximum absolute atomic E-state index is 5.94. The summed E-state index contributed by atoms with van der Waals surface area (Å²) in [6.45, 7) is 0.971. The van der Waals surface area contributed by atoms with Crippen LogP contribution in [0.1, 0.15) is 11.3 Å². The second-order valence-corrected chi connectivity index (χ2v) is 5.68. The van der Waals surface area contributed by atoms with E-state index >= 15 is 0 Å². The van der Waals surface area contributed by atoms with E-state index in [-0.39, 0.29) is 0 Å². The third kappa shape index (κ3) is 4.43. The maximum atomic E-state index is 5.94. The molecule has 0 aliphatic rings. The third-order valence-electron chi connectivity index (χ3n) is 2.83. The molecule has 1 heterocycles. The van der Waals surface area contributed by atoms with Crippen LogP contribution in [0.4, 0.5) is 5.69 Å². The molecule has 1 aromatic carbocycles. The van der Waals surface area contributed by atoms with Crippen LogP contribution in [0.3, 0.4) is 0 Å². The van der Waals surface area contributed by atoms with Crippen LogP contribution in [0.2, 0.25) is 0 Å². The molecule has 0 aliphatic heterocycles. The van der Waals surface area contributed by atoms with Crippen LogP contribution in [-0.4, -0.2) is 22.8 Å². The van der Waals surface area contributed by atoms with Gasteiger partial charge in [0.25, 0.3) is 0 Å². The maximum Gasteiger partial charge on any atom is 0.193 e. The number of guanidine groups is 1. The third-order valence-corrected chi connectivity index (χ3v) is 3.73. The number of aromatic nitrogens is 2. The number of nitrogens with zero attached hydrogens (tertiary/aromatic N) is 3. The minimum Gasteiger partial charge on any atom is -0.380 e. The number of ether oxygens (including phenoxy) is 1. The van der Waals surface area contributed by atoms with Gasteiger partial charge in [-0.25, -0.2) is 4.99 Å². The molecule has 0 spiro atoms. The highest BCUT2D eigenvalue weighted by atomic mass is 127. The van der Waals surface area contributed by atoms with E-state index in [0.717, 1.165) is 20.5 Å². The summed E-state index contributed by atoms with van der Waals surface area (Å²) < 4.78 is 8.01. The molecule has 3 N–H and O–H groups in total. The SMILES string of the molecule is COCc1ccccc1NC(N)=NCc1nn(C)cc1I. The van der Waals surface area contributed by atoms with E-state index < -0.39 is 0 Å². The highest BCUT2D eigenvalue weighted by Crippen LogP contribution is 2.15. The van der Waals surface area contributed by atoms with Crippen LogP contribution in [0.25, 0.3) is 0 Å². The van der Waals surface area contributed by atoms with Crippen LogP contribution in [0.15, 0.2) is 35.5 Å². The van der Waals surface area contributed by atoms with E-state index in [1.54, 1.807) is 11.8 Å². The minimum atomic E-state index is 0.361. The summed E-state index contributed by atoms with van der Waals surface area (Å²) >= 11 is 2.24. The molecule has 0 saturated heterocycles. The number of aryl methyl sites for hydroxylation is 1. The van der Waals surface area contributed by atoms with Gasteiger partial charge in [0.15, 0.2) is 5.96 Å². The molecular formula is C14H18IN5O. The number of anilines is 1. The largest absolute Gasteiger partial charge is 0.380 e. The molecule has 1 aromatic heterocycles. The Balaban J connectivity index is 2.05. The summed E-state index contributed by atoms with van der Waals surface area (Å²) in [6, 6.07) is 7.83. The molecule has 7 heteroatoms. The van der Waals surface area contributed by atoms with Crippen LogP contribution < -0.4 is 11.1 Å². The number of halogens is 1. The molecule has 0 bridgehead atoms. The van der Waals surface area contributed by atoms with Gasteiger partial charge in [0.1, 0.15) is 0 Å². The molecule has 0 fully saturated rings. The average Bonchev–Trinajstić information content (AvgIpc) is 2.77. The molecular weight excluding hydrogens is 381 g/mol. The molecule has 0 atom stereocenters. The molecule has 0 amide bonds. The average molecular weight is 399 g/mol. The molecule has 0 saturated carbocycles. The van der Waals surface area contributed by atoms with Gasteiger partial charge >= 0.3 is 0 Å². The zero-order valence-electron chi connectivity index (χ0n) is 12.0. The van der Waals surface area contributed by atoms with E-state index in [0.29, 0.717) is 19.1 Å². The zero-order valence-corrected chi connectivity index (χ0v) is 14.2. The Labute approximate surface area is 137 Å². The molecule has 2 aromatic rings. The lowest BCUT2D eigenvalue weighted by Crippen LogP contribution is -2.23. The Morgan fingerprint density at radius 1 is 1.48 bits per heavy atom. The number of methoxy groups -OCH3 is 1. The second-order valence-electron chi connectivity index (χ2n) is 4.51. The fourth-order valence-electron chi connectivity index (χ4n) is 1.87.